The van der Waals surface area contributed by atoms with Gasteiger partial charge in [0, 0.05) is 25.7 Å². The summed E-state index contributed by atoms with van der Waals surface area (Å²) in [6.07, 6.45) is 2.90. The second-order valence-electron chi connectivity index (χ2n) is 7.78. The maximum absolute atomic E-state index is 12.4. The van der Waals surface area contributed by atoms with Gasteiger partial charge in [-0.3, -0.25) is 0 Å². The maximum Gasteiger partial charge on any atom is 0.341 e. The summed E-state index contributed by atoms with van der Waals surface area (Å²) in [6.45, 7) is 7.38. The van der Waals surface area contributed by atoms with Crippen molar-refractivity contribution in [3.63, 3.8) is 0 Å². The summed E-state index contributed by atoms with van der Waals surface area (Å²) >= 11 is 0. The smallest absolute Gasteiger partial charge is 0.341 e. The van der Waals surface area contributed by atoms with Gasteiger partial charge in [0.15, 0.2) is 0 Å². The fraction of sp³-hybridized carbons (Fsp3) is 0.138. The van der Waals surface area contributed by atoms with E-state index in [4.69, 9.17) is 23.7 Å². The van der Waals surface area contributed by atoms with Crippen molar-refractivity contribution in [2.45, 2.75) is 0 Å². The van der Waals surface area contributed by atoms with Crippen molar-refractivity contribution in [1.29, 1.82) is 0 Å². The van der Waals surface area contributed by atoms with Crippen molar-refractivity contribution in [1.82, 2.24) is 0 Å². The largest absolute Gasteiger partial charge is 0.423 e. The van der Waals surface area contributed by atoms with Crippen LogP contribution in [0.3, 0.4) is 0 Å². The van der Waals surface area contributed by atoms with E-state index in [1.807, 2.05) is 18.2 Å². The molecule has 0 aliphatic rings. The number of hydrogen-bond donors (Lipinski definition) is 0. The van der Waals surface area contributed by atoms with Crippen LogP contribution in [0.1, 0.15) is 5.56 Å². The molecule has 0 radical (unpaired) electrons. The van der Waals surface area contributed by atoms with Gasteiger partial charge in [-0.2, -0.15) is 0 Å². The van der Waals surface area contributed by atoms with Crippen LogP contribution in [-0.2, 0) is 23.9 Å². The van der Waals surface area contributed by atoms with Gasteiger partial charge in [-0.25, -0.2) is 14.4 Å². The first-order chi connectivity index (χ1) is 17.8. The van der Waals surface area contributed by atoms with Crippen LogP contribution in [0.4, 0.5) is 0 Å². The normalized spacial score (nSPS) is 10.8. The first kappa shape index (κ1) is 27.1. The lowest BCUT2D eigenvalue weighted by Crippen LogP contribution is -2.14. The Bertz CT molecular complexity index is 1350. The topological polar surface area (TPSA) is 97.4 Å². The molecule has 3 aromatic carbocycles. The molecule has 190 valence electrons. The lowest BCUT2D eigenvalue weighted by molar-refractivity contribution is -0.131. The maximum atomic E-state index is 12.4. The minimum atomic E-state index is -0.609. The van der Waals surface area contributed by atoms with Gasteiger partial charge in [0.25, 0.3) is 0 Å². The zero-order valence-corrected chi connectivity index (χ0v) is 20.5. The lowest BCUT2D eigenvalue weighted by atomic mass is 10.0. The summed E-state index contributed by atoms with van der Waals surface area (Å²) in [4.78, 5) is 36.5. The van der Waals surface area contributed by atoms with Gasteiger partial charge in [0.1, 0.15) is 17.2 Å². The van der Waals surface area contributed by atoms with E-state index in [0.29, 0.717) is 11.1 Å². The van der Waals surface area contributed by atoms with Crippen LogP contribution < -0.4 is 14.2 Å². The summed E-state index contributed by atoms with van der Waals surface area (Å²) < 4.78 is 25.8. The molecular weight excluding hydrogens is 476 g/mol. The second-order valence-corrected chi connectivity index (χ2v) is 7.78. The quantitative estimate of drug-likeness (QED) is 0.212. The summed E-state index contributed by atoms with van der Waals surface area (Å²) in [7, 11) is 2.92. The lowest BCUT2D eigenvalue weighted by Gasteiger charge is -2.10. The second kappa shape index (κ2) is 13.0. The fourth-order valence-electron chi connectivity index (χ4n) is 3.24. The minimum absolute atomic E-state index is 0.0637. The molecule has 0 spiro atoms. The van der Waals surface area contributed by atoms with Gasteiger partial charge < -0.3 is 23.7 Å². The Kier molecular flexibility index (Phi) is 9.48. The highest BCUT2D eigenvalue weighted by Crippen LogP contribution is 2.29. The molecular formula is C29H26O8. The SMILES string of the molecule is C=C(COC)C(=O)Oc1ccc(OC(=O)/C=C/c2cccc3c(OC(=O)C(=C)COC)cccc23)cc1. The highest BCUT2D eigenvalue weighted by Gasteiger charge is 2.13. The number of esters is 3. The van der Waals surface area contributed by atoms with E-state index in [1.54, 1.807) is 24.3 Å². The Labute approximate surface area is 214 Å². The van der Waals surface area contributed by atoms with Gasteiger partial charge >= 0.3 is 17.9 Å². The van der Waals surface area contributed by atoms with Crippen LogP contribution in [0.2, 0.25) is 0 Å². The molecule has 37 heavy (non-hydrogen) atoms. The number of ether oxygens (including phenoxy) is 5. The van der Waals surface area contributed by atoms with Crippen molar-refractivity contribution in [3.05, 3.63) is 96.6 Å². The molecule has 0 saturated heterocycles. The molecule has 0 aromatic heterocycles. The molecule has 0 bridgehead atoms. The van der Waals surface area contributed by atoms with Crippen LogP contribution in [0, 0.1) is 0 Å². The predicted octanol–water partition coefficient (Wildman–Crippen LogP) is 4.67. The van der Waals surface area contributed by atoms with E-state index in [0.717, 1.165) is 10.9 Å². The average molecular weight is 503 g/mol. The van der Waals surface area contributed by atoms with Crippen LogP contribution in [0.5, 0.6) is 17.2 Å². The highest BCUT2D eigenvalue weighted by atomic mass is 16.5. The van der Waals surface area contributed by atoms with Gasteiger partial charge in [-0.05, 0) is 47.4 Å². The number of carbonyl (C=O) groups excluding carboxylic acids is 3. The summed E-state index contributed by atoms with van der Waals surface area (Å²) in [5, 5.41) is 1.46. The third-order valence-corrected chi connectivity index (χ3v) is 4.98. The first-order valence-electron chi connectivity index (χ1n) is 11.1. The van der Waals surface area contributed by atoms with E-state index in [2.05, 4.69) is 13.2 Å². The van der Waals surface area contributed by atoms with Gasteiger partial charge in [0.2, 0.25) is 0 Å². The summed E-state index contributed by atoms with van der Waals surface area (Å²) in [6, 6.07) is 16.7. The monoisotopic (exact) mass is 502 g/mol. The Morgan fingerprint density at radius 3 is 1.86 bits per heavy atom. The Morgan fingerprint density at radius 2 is 1.24 bits per heavy atom. The summed E-state index contributed by atoms with van der Waals surface area (Å²) in [5.74, 6) is -0.885. The van der Waals surface area contributed by atoms with Crippen molar-refractivity contribution in [2.24, 2.45) is 0 Å². The van der Waals surface area contributed by atoms with Crippen molar-refractivity contribution < 1.29 is 38.1 Å². The standard InChI is InChI=1S/C29H26O8/c1-19(17-33-3)28(31)36-23-14-12-22(13-15-23)35-27(30)16-11-21-7-5-9-25-24(21)8-6-10-26(25)37-29(32)20(2)18-34-4/h5-16H,1-2,17-18H2,3-4H3/b16-11+. The zero-order chi connectivity index (χ0) is 26.8. The Morgan fingerprint density at radius 1 is 0.703 bits per heavy atom. The van der Waals surface area contributed by atoms with Gasteiger partial charge in [-0.15, -0.1) is 0 Å². The minimum Gasteiger partial charge on any atom is -0.423 e. The van der Waals surface area contributed by atoms with Crippen LogP contribution in [-0.4, -0.2) is 45.3 Å². The molecule has 0 aliphatic heterocycles. The predicted molar refractivity (Wildman–Crippen MR) is 138 cm³/mol. The molecule has 3 aromatic rings. The highest BCUT2D eigenvalue weighted by molar-refractivity contribution is 5.99. The molecule has 0 unspecified atom stereocenters. The molecule has 0 fully saturated rings. The van der Waals surface area contributed by atoms with Gasteiger partial charge in [-0.1, -0.05) is 43.5 Å². The van der Waals surface area contributed by atoms with Crippen molar-refractivity contribution in [2.75, 3.05) is 27.4 Å². The van der Waals surface area contributed by atoms with E-state index in [1.165, 1.54) is 44.6 Å². The molecule has 0 atom stereocenters. The Hall–Kier alpha value is -4.53. The number of carbonyl (C=O) groups is 3. The number of fused-ring (bicyclic) bond motifs is 1. The molecule has 0 N–H and O–H groups in total. The third kappa shape index (κ3) is 7.47. The molecule has 0 saturated carbocycles. The van der Waals surface area contributed by atoms with E-state index in [-0.39, 0.29) is 35.9 Å². The van der Waals surface area contributed by atoms with E-state index in [9.17, 15) is 14.4 Å². The Balaban J connectivity index is 1.68. The number of rotatable bonds is 11. The van der Waals surface area contributed by atoms with E-state index < -0.39 is 17.9 Å². The molecule has 0 amide bonds. The molecule has 0 aliphatic carbocycles. The fourth-order valence-corrected chi connectivity index (χ4v) is 3.24. The average Bonchev–Trinajstić information content (AvgIpc) is 2.89. The first-order valence-corrected chi connectivity index (χ1v) is 11.1. The van der Waals surface area contributed by atoms with Crippen LogP contribution in [0.15, 0.2) is 91.0 Å². The number of benzene rings is 3. The third-order valence-electron chi connectivity index (χ3n) is 4.98. The molecule has 3 rings (SSSR count). The molecule has 0 heterocycles. The van der Waals surface area contributed by atoms with Crippen molar-refractivity contribution in [3.8, 4) is 17.2 Å². The van der Waals surface area contributed by atoms with Crippen LogP contribution >= 0.6 is 0 Å². The van der Waals surface area contributed by atoms with Gasteiger partial charge in [0.05, 0.1) is 24.4 Å². The van der Waals surface area contributed by atoms with Crippen LogP contribution in [0.25, 0.3) is 16.8 Å². The zero-order valence-electron chi connectivity index (χ0n) is 20.5. The van der Waals surface area contributed by atoms with E-state index >= 15 is 0 Å². The van der Waals surface area contributed by atoms with Crippen molar-refractivity contribution >= 4 is 34.8 Å². The molecule has 8 heteroatoms. The molecule has 8 nitrogen and oxygen atoms in total. The number of hydrogen-bond acceptors (Lipinski definition) is 8. The number of methoxy groups -OCH3 is 2. The summed E-state index contributed by atoms with van der Waals surface area (Å²) in [5.41, 5.74) is 1.10.